The lowest BCUT2D eigenvalue weighted by Gasteiger charge is -2.29. The Hall–Kier alpha value is -1.89. The first-order chi connectivity index (χ1) is 9.47. The van der Waals surface area contributed by atoms with E-state index in [1.54, 1.807) is 4.90 Å². The molecule has 1 atom stereocenters. The van der Waals surface area contributed by atoms with Crippen LogP contribution in [0.3, 0.4) is 0 Å². The molecule has 2 heterocycles. The average Bonchev–Trinajstić information content (AvgIpc) is 2.86. The Morgan fingerprint density at radius 1 is 1.40 bits per heavy atom. The molecule has 1 fully saturated rings. The van der Waals surface area contributed by atoms with E-state index in [9.17, 15) is 14.4 Å². The molecule has 1 aromatic rings. The van der Waals surface area contributed by atoms with Crippen LogP contribution in [0.4, 0.5) is 0 Å². The first-order valence-corrected chi connectivity index (χ1v) is 6.85. The minimum atomic E-state index is -0.663. The lowest BCUT2D eigenvalue weighted by molar-refractivity contribution is 0.0682. The average molecular weight is 280 g/mol. The smallest absolute Gasteiger partial charge is 0.326 e. The molecule has 2 rings (SSSR count). The zero-order valence-corrected chi connectivity index (χ0v) is 11.7. The van der Waals surface area contributed by atoms with Crippen molar-refractivity contribution < 1.29 is 4.79 Å². The van der Waals surface area contributed by atoms with Crippen molar-refractivity contribution in [3.05, 3.63) is 32.6 Å². The molecule has 3 N–H and O–H groups in total. The Balaban J connectivity index is 2.21. The Bertz CT molecular complexity index is 556. The van der Waals surface area contributed by atoms with Crippen LogP contribution in [0.5, 0.6) is 0 Å². The maximum absolute atomic E-state index is 12.5. The van der Waals surface area contributed by atoms with Crippen molar-refractivity contribution in [2.45, 2.75) is 38.8 Å². The van der Waals surface area contributed by atoms with Gasteiger partial charge in [0.15, 0.2) is 0 Å². The summed E-state index contributed by atoms with van der Waals surface area (Å²) in [6.45, 7) is 5.37. The lowest BCUT2D eigenvalue weighted by Crippen LogP contribution is -2.45. The standard InChI is InChI=1S/C13H20N4O3/c1-8(2)17(7-9-4-3-5-14-9)12(19)10-6-11(18)16-13(20)15-10/h6,8-9,14H,3-5,7H2,1-2H3,(H2,15,16,18,20). The van der Waals surface area contributed by atoms with E-state index >= 15 is 0 Å². The molecule has 1 aliphatic rings. The van der Waals surface area contributed by atoms with Gasteiger partial charge in [-0.05, 0) is 33.2 Å². The van der Waals surface area contributed by atoms with Crippen molar-refractivity contribution in [3.8, 4) is 0 Å². The first-order valence-electron chi connectivity index (χ1n) is 6.85. The second-order valence-electron chi connectivity index (χ2n) is 5.35. The second-order valence-corrected chi connectivity index (χ2v) is 5.35. The molecule has 0 bridgehead atoms. The van der Waals surface area contributed by atoms with Gasteiger partial charge in [0.05, 0.1) is 0 Å². The van der Waals surface area contributed by atoms with Crippen molar-refractivity contribution in [2.24, 2.45) is 0 Å². The van der Waals surface area contributed by atoms with Gasteiger partial charge in [-0.2, -0.15) is 0 Å². The number of aromatic amines is 2. The summed E-state index contributed by atoms with van der Waals surface area (Å²) in [5, 5.41) is 3.34. The Kier molecular flexibility index (Phi) is 4.39. The summed E-state index contributed by atoms with van der Waals surface area (Å²) in [7, 11) is 0. The first kappa shape index (κ1) is 14.5. The van der Waals surface area contributed by atoms with E-state index < -0.39 is 11.2 Å². The van der Waals surface area contributed by atoms with Gasteiger partial charge in [0.2, 0.25) is 0 Å². The van der Waals surface area contributed by atoms with Crippen LogP contribution in [0, 0.1) is 0 Å². The molecule has 1 aliphatic heterocycles. The summed E-state index contributed by atoms with van der Waals surface area (Å²) in [4.78, 5) is 41.1. The van der Waals surface area contributed by atoms with Crippen molar-refractivity contribution in [1.29, 1.82) is 0 Å². The van der Waals surface area contributed by atoms with Gasteiger partial charge in [0.1, 0.15) is 5.69 Å². The number of carbonyl (C=O) groups excluding carboxylic acids is 1. The van der Waals surface area contributed by atoms with E-state index in [0.717, 1.165) is 25.5 Å². The topological polar surface area (TPSA) is 98.1 Å². The van der Waals surface area contributed by atoms with Crippen LogP contribution in [0.25, 0.3) is 0 Å². The summed E-state index contributed by atoms with van der Waals surface area (Å²) in [6.07, 6.45) is 2.13. The van der Waals surface area contributed by atoms with Gasteiger partial charge in [0.25, 0.3) is 11.5 Å². The van der Waals surface area contributed by atoms with E-state index in [1.807, 2.05) is 13.8 Å². The van der Waals surface area contributed by atoms with Crippen molar-refractivity contribution >= 4 is 5.91 Å². The number of amides is 1. The minimum Gasteiger partial charge on any atom is -0.333 e. The quantitative estimate of drug-likeness (QED) is 0.703. The number of carbonyl (C=O) groups is 1. The van der Waals surface area contributed by atoms with E-state index in [-0.39, 0.29) is 23.7 Å². The maximum atomic E-state index is 12.5. The summed E-state index contributed by atoms with van der Waals surface area (Å²) in [5.74, 6) is -0.322. The largest absolute Gasteiger partial charge is 0.333 e. The van der Waals surface area contributed by atoms with Crippen LogP contribution in [0.2, 0.25) is 0 Å². The van der Waals surface area contributed by atoms with Crippen LogP contribution >= 0.6 is 0 Å². The Morgan fingerprint density at radius 3 is 2.70 bits per heavy atom. The number of hydrogen-bond donors (Lipinski definition) is 3. The monoisotopic (exact) mass is 280 g/mol. The van der Waals surface area contributed by atoms with E-state index in [0.29, 0.717) is 6.54 Å². The van der Waals surface area contributed by atoms with Gasteiger partial charge in [0, 0.05) is 24.7 Å². The highest BCUT2D eigenvalue weighted by molar-refractivity contribution is 5.92. The number of hydrogen-bond acceptors (Lipinski definition) is 4. The number of H-pyrrole nitrogens is 2. The number of aromatic nitrogens is 2. The summed E-state index contributed by atoms with van der Waals surface area (Å²) in [5.41, 5.74) is -1.20. The second kappa shape index (κ2) is 6.04. The highest BCUT2D eigenvalue weighted by Gasteiger charge is 2.25. The fourth-order valence-corrected chi connectivity index (χ4v) is 2.42. The van der Waals surface area contributed by atoms with Crippen LogP contribution in [-0.4, -0.2) is 45.9 Å². The molecule has 7 heteroatoms. The number of nitrogens with one attached hydrogen (secondary N) is 3. The van der Waals surface area contributed by atoms with Gasteiger partial charge in [-0.3, -0.25) is 14.6 Å². The van der Waals surface area contributed by atoms with E-state index in [4.69, 9.17) is 0 Å². The summed E-state index contributed by atoms with van der Waals surface area (Å²) < 4.78 is 0. The maximum Gasteiger partial charge on any atom is 0.326 e. The molecule has 0 radical (unpaired) electrons. The molecule has 20 heavy (non-hydrogen) atoms. The molecule has 0 aromatic carbocycles. The Morgan fingerprint density at radius 2 is 2.15 bits per heavy atom. The van der Waals surface area contributed by atoms with E-state index in [1.165, 1.54) is 0 Å². The van der Waals surface area contributed by atoms with Gasteiger partial charge < -0.3 is 15.2 Å². The summed E-state index contributed by atoms with van der Waals surface area (Å²) >= 11 is 0. The predicted octanol–water partition coefficient (Wildman–Crippen LogP) is -0.334. The molecule has 1 saturated heterocycles. The van der Waals surface area contributed by atoms with Crippen LogP contribution < -0.4 is 16.6 Å². The van der Waals surface area contributed by atoms with Gasteiger partial charge in [-0.15, -0.1) is 0 Å². The van der Waals surface area contributed by atoms with Crippen LogP contribution in [-0.2, 0) is 0 Å². The third kappa shape index (κ3) is 3.36. The molecule has 1 unspecified atom stereocenters. The molecule has 0 spiro atoms. The SMILES string of the molecule is CC(C)N(CC1CCCN1)C(=O)c1cc(=O)[nH]c(=O)[nH]1. The Labute approximate surface area is 116 Å². The third-order valence-corrected chi connectivity index (χ3v) is 3.45. The fourth-order valence-electron chi connectivity index (χ4n) is 2.42. The third-order valence-electron chi connectivity index (χ3n) is 3.45. The molecule has 1 amide bonds. The minimum absolute atomic E-state index is 0.00677. The molecular weight excluding hydrogens is 260 g/mol. The number of nitrogens with zero attached hydrogens (tertiary/aromatic N) is 1. The zero-order valence-electron chi connectivity index (χ0n) is 11.7. The molecule has 7 nitrogen and oxygen atoms in total. The van der Waals surface area contributed by atoms with Gasteiger partial charge in [-0.25, -0.2) is 4.79 Å². The fraction of sp³-hybridized carbons (Fsp3) is 0.615. The van der Waals surface area contributed by atoms with Crippen molar-refractivity contribution in [3.63, 3.8) is 0 Å². The predicted molar refractivity (Wildman–Crippen MR) is 74.9 cm³/mol. The van der Waals surface area contributed by atoms with Gasteiger partial charge in [-0.1, -0.05) is 0 Å². The number of rotatable bonds is 4. The van der Waals surface area contributed by atoms with E-state index in [2.05, 4.69) is 15.3 Å². The molecule has 1 aromatic heterocycles. The summed E-state index contributed by atoms with van der Waals surface area (Å²) in [6, 6.07) is 1.39. The van der Waals surface area contributed by atoms with Gasteiger partial charge >= 0.3 is 5.69 Å². The molecule has 110 valence electrons. The molecule has 0 aliphatic carbocycles. The van der Waals surface area contributed by atoms with Crippen molar-refractivity contribution in [2.75, 3.05) is 13.1 Å². The molecular formula is C13H20N4O3. The molecule has 0 saturated carbocycles. The normalized spacial score (nSPS) is 18.4. The highest BCUT2D eigenvalue weighted by atomic mass is 16.2. The van der Waals surface area contributed by atoms with Crippen LogP contribution in [0.15, 0.2) is 15.7 Å². The lowest BCUT2D eigenvalue weighted by atomic mass is 10.1. The van der Waals surface area contributed by atoms with Crippen molar-refractivity contribution in [1.82, 2.24) is 20.2 Å². The van der Waals surface area contributed by atoms with Crippen LogP contribution in [0.1, 0.15) is 37.2 Å². The highest BCUT2D eigenvalue weighted by Crippen LogP contribution is 2.11. The zero-order chi connectivity index (χ0) is 14.7.